The molecular formula is C14H26N2. The molecule has 3 unspecified atom stereocenters. The first-order valence-electron chi connectivity index (χ1n) is 6.93. The molecule has 1 fully saturated rings. The van der Waals surface area contributed by atoms with Crippen LogP contribution in [0.4, 0.5) is 0 Å². The van der Waals surface area contributed by atoms with Crippen molar-refractivity contribution in [2.75, 3.05) is 0 Å². The Hall–Kier alpha value is -0.550. The van der Waals surface area contributed by atoms with Crippen LogP contribution in [0.5, 0.6) is 0 Å². The molecule has 16 heavy (non-hydrogen) atoms. The van der Waals surface area contributed by atoms with Crippen LogP contribution in [0.25, 0.3) is 0 Å². The summed E-state index contributed by atoms with van der Waals surface area (Å²) in [5, 5.41) is 12.9. The highest BCUT2D eigenvalue weighted by molar-refractivity contribution is 4.94. The lowest BCUT2D eigenvalue weighted by Gasteiger charge is -2.25. The number of hydrogen-bond acceptors (Lipinski definition) is 2. The van der Waals surface area contributed by atoms with E-state index in [1.54, 1.807) is 0 Å². The molecule has 0 radical (unpaired) electrons. The van der Waals surface area contributed by atoms with Crippen molar-refractivity contribution in [1.82, 2.24) is 5.32 Å². The monoisotopic (exact) mass is 222 g/mol. The van der Waals surface area contributed by atoms with Crippen LogP contribution < -0.4 is 5.32 Å². The van der Waals surface area contributed by atoms with Crippen LogP contribution in [-0.4, -0.2) is 12.1 Å². The minimum absolute atomic E-state index is 0.242. The Morgan fingerprint density at radius 1 is 1.31 bits per heavy atom. The average molecular weight is 222 g/mol. The van der Waals surface area contributed by atoms with Crippen molar-refractivity contribution in [2.45, 2.75) is 77.3 Å². The molecule has 2 heteroatoms. The van der Waals surface area contributed by atoms with Crippen LogP contribution in [0.15, 0.2) is 0 Å². The van der Waals surface area contributed by atoms with Crippen molar-refractivity contribution in [3.63, 3.8) is 0 Å². The van der Waals surface area contributed by atoms with Gasteiger partial charge in [0.1, 0.15) is 0 Å². The lowest BCUT2D eigenvalue weighted by Crippen LogP contribution is -2.40. The van der Waals surface area contributed by atoms with Crippen molar-refractivity contribution in [2.24, 2.45) is 5.92 Å². The summed E-state index contributed by atoms with van der Waals surface area (Å²) in [5.74, 6) is 0.242. The molecule has 3 atom stereocenters. The minimum atomic E-state index is 0.242. The highest BCUT2D eigenvalue weighted by Gasteiger charge is 2.24. The number of nitriles is 1. The Bertz CT molecular complexity index is 219. The van der Waals surface area contributed by atoms with Gasteiger partial charge < -0.3 is 5.32 Å². The molecule has 1 aliphatic rings. The molecule has 0 aromatic rings. The van der Waals surface area contributed by atoms with Crippen LogP contribution in [0.1, 0.15) is 65.2 Å². The summed E-state index contributed by atoms with van der Waals surface area (Å²) in [4.78, 5) is 0. The van der Waals surface area contributed by atoms with Crippen molar-refractivity contribution >= 4 is 0 Å². The topological polar surface area (TPSA) is 35.8 Å². The second kappa shape index (κ2) is 7.68. The van der Waals surface area contributed by atoms with Gasteiger partial charge in [-0.25, -0.2) is 0 Å². The smallest absolute Gasteiger partial charge is 0.0672 e. The van der Waals surface area contributed by atoms with Gasteiger partial charge in [-0.1, -0.05) is 39.0 Å². The number of nitrogens with zero attached hydrogens (tertiary/aromatic N) is 1. The van der Waals surface area contributed by atoms with Gasteiger partial charge in [0.2, 0.25) is 0 Å². The molecule has 0 amide bonds. The van der Waals surface area contributed by atoms with Crippen molar-refractivity contribution < 1.29 is 0 Å². The molecule has 0 aromatic heterocycles. The number of hydrogen-bond donors (Lipinski definition) is 1. The molecule has 0 aromatic carbocycles. The summed E-state index contributed by atoms with van der Waals surface area (Å²) in [7, 11) is 0. The van der Waals surface area contributed by atoms with Crippen LogP contribution in [0.3, 0.4) is 0 Å². The zero-order valence-electron chi connectivity index (χ0n) is 10.8. The van der Waals surface area contributed by atoms with Crippen molar-refractivity contribution in [1.29, 1.82) is 5.26 Å². The maximum Gasteiger partial charge on any atom is 0.0672 e. The Labute approximate surface area is 100 Å². The lowest BCUT2D eigenvalue weighted by molar-refractivity contribution is 0.345. The van der Waals surface area contributed by atoms with E-state index < -0.39 is 0 Å². The predicted molar refractivity (Wildman–Crippen MR) is 68.1 cm³/mol. The van der Waals surface area contributed by atoms with Gasteiger partial charge in [0.15, 0.2) is 0 Å². The number of unbranched alkanes of at least 4 members (excludes halogenated alkanes) is 1. The fraction of sp³-hybridized carbons (Fsp3) is 0.929. The first kappa shape index (κ1) is 13.5. The third-order valence-corrected chi connectivity index (χ3v) is 3.67. The van der Waals surface area contributed by atoms with E-state index in [1.165, 1.54) is 44.9 Å². The molecule has 2 nitrogen and oxygen atoms in total. The van der Waals surface area contributed by atoms with Gasteiger partial charge in [-0.2, -0.15) is 5.26 Å². The van der Waals surface area contributed by atoms with E-state index in [4.69, 9.17) is 0 Å². The second-order valence-corrected chi connectivity index (χ2v) is 5.19. The van der Waals surface area contributed by atoms with E-state index in [2.05, 4.69) is 25.2 Å². The predicted octanol–water partition coefficient (Wildman–Crippen LogP) is 3.63. The van der Waals surface area contributed by atoms with Crippen LogP contribution in [-0.2, 0) is 0 Å². The van der Waals surface area contributed by atoms with Gasteiger partial charge >= 0.3 is 0 Å². The maximum atomic E-state index is 9.19. The normalized spacial score (nSPS) is 28.1. The Morgan fingerprint density at radius 3 is 2.75 bits per heavy atom. The zero-order valence-corrected chi connectivity index (χ0v) is 10.8. The summed E-state index contributed by atoms with van der Waals surface area (Å²) < 4.78 is 0. The van der Waals surface area contributed by atoms with E-state index in [-0.39, 0.29) is 5.92 Å². The Kier molecular flexibility index (Phi) is 6.49. The van der Waals surface area contributed by atoms with Crippen LogP contribution in [0.2, 0.25) is 0 Å². The number of rotatable bonds is 5. The third kappa shape index (κ3) is 4.53. The second-order valence-electron chi connectivity index (χ2n) is 5.19. The van der Waals surface area contributed by atoms with Crippen LogP contribution >= 0.6 is 0 Å². The molecule has 0 bridgehead atoms. The molecule has 92 valence electrons. The van der Waals surface area contributed by atoms with Gasteiger partial charge in [-0.15, -0.1) is 0 Å². The van der Waals surface area contributed by atoms with E-state index in [0.29, 0.717) is 12.1 Å². The Balaban J connectivity index is 2.39. The molecule has 0 spiro atoms. The molecule has 1 aliphatic carbocycles. The largest absolute Gasteiger partial charge is 0.310 e. The molecule has 1 rings (SSSR count). The summed E-state index contributed by atoms with van der Waals surface area (Å²) in [6.07, 6.45) is 9.90. The molecule has 1 saturated carbocycles. The fourth-order valence-electron chi connectivity index (χ4n) is 2.62. The number of nitrogens with one attached hydrogen (secondary N) is 1. The summed E-state index contributed by atoms with van der Waals surface area (Å²) in [6.45, 7) is 4.49. The molecule has 1 N–H and O–H groups in total. The van der Waals surface area contributed by atoms with Crippen LogP contribution in [0, 0.1) is 17.2 Å². The summed E-state index contributed by atoms with van der Waals surface area (Å²) >= 11 is 0. The average Bonchev–Trinajstić information content (AvgIpc) is 2.51. The summed E-state index contributed by atoms with van der Waals surface area (Å²) in [5.41, 5.74) is 0. The van der Waals surface area contributed by atoms with E-state index in [1.807, 2.05) is 0 Å². The molecule has 0 heterocycles. The molecule has 0 aliphatic heterocycles. The van der Waals surface area contributed by atoms with E-state index in [9.17, 15) is 5.26 Å². The van der Waals surface area contributed by atoms with Gasteiger partial charge in [-0.05, 0) is 26.2 Å². The highest BCUT2D eigenvalue weighted by Crippen LogP contribution is 2.23. The highest BCUT2D eigenvalue weighted by atomic mass is 14.9. The SMILES string of the molecule is CCCCC(C)NC1CCCCCC1C#N. The molecule has 0 saturated heterocycles. The first-order chi connectivity index (χ1) is 7.77. The fourth-order valence-corrected chi connectivity index (χ4v) is 2.62. The van der Waals surface area contributed by atoms with Crippen molar-refractivity contribution in [3.8, 4) is 6.07 Å². The van der Waals surface area contributed by atoms with E-state index in [0.717, 1.165) is 6.42 Å². The minimum Gasteiger partial charge on any atom is -0.310 e. The third-order valence-electron chi connectivity index (χ3n) is 3.67. The standard InChI is InChI=1S/C14H26N2/c1-3-4-8-12(2)16-14-10-7-5-6-9-13(14)11-15/h12-14,16H,3-10H2,1-2H3. The van der Waals surface area contributed by atoms with Gasteiger partial charge in [0.05, 0.1) is 12.0 Å². The summed E-state index contributed by atoms with van der Waals surface area (Å²) in [6, 6.07) is 3.51. The van der Waals surface area contributed by atoms with E-state index >= 15 is 0 Å². The first-order valence-corrected chi connectivity index (χ1v) is 6.93. The Morgan fingerprint density at radius 2 is 2.06 bits per heavy atom. The molecular weight excluding hydrogens is 196 g/mol. The zero-order chi connectivity index (χ0) is 11.8. The maximum absolute atomic E-state index is 9.19. The van der Waals surface area contributed by atoms with Gasteiger partial charge in [0.25, 0.3) is 0 Å². The van der Waals surface area contributed by atoms with Gasteiger partial charge in [0, 0.05) is 12.1 Å². The quantitative estimate of drug-likeness (QED) is 0.721. The van der Waals surface area contributed by atoms with Gasteiger partial charge in [-0.3, -0.25) is 0 Å². The van der Waals surface area contributed by atoms with Crippen molar-refractivity contribution in [3.05, 3.63) is 0 Å². The lowest BCUT2D eigenvalue weighted by atomic mass is 9.95.